The molecule has 0 radical (unpaired) electrons. The van der Waals surface area contributed by atoms with Crippen molar-refractivity contribution in [2.45, 2.75) is 31.7 Å². The Hall–Kier alpha value is -0.980. The molecule has 1 saturated carbocycles. The van der Waals surface area contributed by atoms with E-state index in [0.29, 0.717) is 5.92 Å². The van der Waals surface area contributed by atoms with E-state index in [1.165, 1.54) is 0 Å². The minimum atomic E-state index is -0.251. The van der Waals surface area contributed by atoms with E-state index in [9.17, 15) is 0 Å². The van der Waals surface area contributed by atoms with E-state index in [2.05, 4.69) is 15.6 Å². The third-order valence-electron chi connectivity index (χ3n) is 3.40. The van der Waals surface area contributed by atoms with Crippen LogP contribution in [0.15, 0.2) is 6.20 Å². The van der Waals surface area contributed by atoms with Crippen molar-refractivity contribution < 1.29 is 9.47 Å². The fourth-order valence-corrected chi connectivity index (χ4v) is 2.64. The molecule has 3 rings (SSSR count). The molecule has 6 heteroatoms. The molecule has 6 nitrogen and oxygen atoms in total. The summed E-state index contributed by atoms with van der Waals surface area (Å²) in [5.74, 6) is 0.344. The van der Waals surface area contributed by atoms with Gasteiger partial charge in [0.15, 0.2) is 5.79 Å². The van der Waals surface area contributed by atoms with E-state index in [1.54, 1.807) is 0 Å². The standard InChI is InChI=1S/C11H18N4O2/c1-12-6-10-8-15(14-13-10)7-9-4-11(5-9)16-2-3-17-11/h8-9,12H,2-7H2,1H3. The van der Waals surface area contributed by atoms with Crippen LogP contribution in [0.4, 0.5) is 0 Å². The summed E-state index contributed by atoms with van der Waals surface area (Å²) in [5, 5.41) is 11.3. The highest BCUT2D eigenvalue weighted by molar-refractivity contribution is 4.94. The summed E-state index contributed by atoms with van der Waals surface area (Å²) in [4.78, 5) is 0. The Balaban J connectivity index is 1.51. The summed E-state index contributed by atoms with van der Waals surface area (Å²) >= 11 is 0. The summed E-state index contributed by atoms with van der Waals surface area (Å²) in [5.41, 5.74) is 0.981. The lowest BCUT2D eigenvalue weighted by Crippen LogP contribution is -2.46. The van der Waals surface area contributed by atoms with Crippen LogP contribution in [-0.4, -0.2) is 41.0 Å². The highest BCUT2D eigenvalue weighted by Crippen LogP contribution is 2.44. The second kappa shape index (κ2) is 4.36. The van der Waals surface area contributed by atoms with Crippen LogP contribution < -0.4 is 5.32 Å². The van der Waals surface area contributed by atoms with Gasteiger partial charge in [-0.15, -0.1) is 5.10 Å². The maximum absolute atomic E-state index is 5.61. The molecular formula is C11H18N4O2. The lowest BCUT2D eigenvalue weighted by molar-refractivity contribution is -0.232. The number of nitrogens with one attached hydrogen (secondary N) is 1. The van der Waals surface area contributed by atoms with Gasteiger partial charge in [0.1, 0.15) is 0 Å². The SMILES string of the molecule is CNCc1cn(CC2CC3(C2)OCCO3)nn1. The first-order valence-electron chi connectivity index (χ1n) is 6.11. The zero-order valence-corrected chi connectivity index (χ0v) is 10.1. The summed E-state index contributed by atoms with van der Waals surface area (Å²) in [7, 11) is 1.91. The zero-order chi connectivity index (χ0) is 11.7. The fourth-order valence-electron chi connectivity index (χ4n) is 2.64. The van der Waals surface area contributed by atoms with Gasteiger partial charge in [0, 0.05) is 32.1 Å². The van der Waals surface area contributed by atoms with Gasteiger partial charge in [0.25, 0.3) is 0 Å². The minimum absolute atomic E-state index is 0.251. The molecule has 94 valence electrons. The molecule has 0 aromatic carbocycles. The van der Waals surface area contributed by atoms with Crippen LogP contribution in [0.25, 0.3) is 0 Å². The van der Waals surface area contributed by atoms with Crippen molar-refractivity contribution in [3.63, 3.8) is 0 Å². The van der Waals surface area contributed by atoms with Gasteiger partial charge in [-0.05, 0) is 13.0 Å². The first-order chi connectivity index (χ1) is 8.30. The van der Waals surface area contributed by atoms with E-state index in [4.69, 9.17) is 9.47 Å². The van der Waals surface area contributed by atoms with Crippen molar-refractivity contribution in [2.24, 2.45) is 5.92 Å². The van der Waals surface area contributed by atoms with Crippen molar-refractivity contribution in [2.75, 3.05) is 20.3 Å². The molecule has 1 aliphatic carbocycles. The molecule has 0 atom stereocenters. The van der Waals surface area contributed by atoms with Gasteiger partial charge in [-0.3, -0.25) is 4.68 Å². The van der Waals surface area contributed by atoms with Crippen LogP contribution >= 0.6 is 0 Å². The number of hydrogen-bond acceptors (Lipinski definition) is 5. The summed E-state index contributed by atoms with van der Waals surface area (Å²) in [6.45, 7) is 3.15. The van der Waals surface area contributed by atoms with E-state index in [1.807, 2.05) is 17.9 Å². The monoisotopic (exact) mass is 238 g/mol. The van der Waals surface area contributed by atoms with E-state index < -0.39 is 0 Å². The molecule has 1 aromatic rings. The third-order valence-corrected chi connectivity index (χ3v) is 3.40. The molecule has 1 aromatic heterocycles. The maximum atomic E-state index is 5.61. The normalized spacial score (nSPS) is 23.1. The topological polar surface area (TPSA) is 61.2 Å². The largest absolute Gasteiger partial charge is 0.348 e. The predicted octanol–water partition coefficient (Wildman–Crippen LogP) is 0.151. The molecule has 1 aliphatic heterocycles. The van der Waals surface area contributed by atoms with Gasteiger partial charge in [0.2, 0.25) is 0 Å². The molecule has 0 amide bonds. The van der Waals surface area contributed by atoms with Gasteiger partial charge < -0.3 is 14.8 Å². The predicted molar refractivity (Wildman–Crippen MR) is 60.1 cm³/mol. The highest BCUT2D eigenvalue weighted by Gasteiger charge is 2.49. The average molecular weight is 238 g/mol. The first-order valence-corrected chi connectivity index (χ1v) is 6.11. The maximum Gasteiger partial charge on any atom is 0.169 e. The number of nitrogens with zero attached hydrogens (tertiary/aromatic N) is 3. The number of ether oxygens (including phenoxy) is 2. The fraction of sp³-hybridized carbons (Fsp3) is 0.818. The molecule has 1 spiro atoms. The highest BCUT2D eigenvalue weighted by atomic mass is 16.7. The van der Waals surface area contributed by atoms with E-state index in [0.717, 1.165) is 44.8 Å². The van der Waals surface area contributed by atoms with E-state index >= 15 is 0 Å². The second-order valence-corrected chi connectivity index (χ2v) is 4.84. The molecule has 1 saturated heterocycles. The molecule has 17 heavy (non-hydrogen) atoms. The van der Waals surface area contributed by atoms with Crippen LogP contribution in [0.2, 0.25) is 0 Å². The number of hydrogen-bond donors (Lipinski definition) is 1. The Morgan fingerprint density at radius 2 is 2.24 bits per heavy atom. The van der Waals surface area contributed by atoms with Gasteiger partial charge >= 0.3 is 0 Å². The first kappa shape index (κ1) is 11.1. The molecule has 2 aliphatic rings. The number of rotatable bonds is 4. The van der Waals surface area contributed by atoms with Crippen LogP contribution in [0.1, 0.15) is 18.5 Å². The summed E-state index contributed by atoms with van der Waals surface area (Å²) in [6.07, 6.45) is 3.96. The Morgan fingerprint density at radius 1 is 1.47 bits per heavy atom. The van der Waals surface area contributed by atoms with Crippen LogP contribution in [-0.2, 0) is 22.6 Å². The minimum Gasteiger partial charge on any atom is -0.348 e. The average Bonchev–Trinajstić information content (AvgIpc) is 2.87. The van der Waals surface area contributed by atoms with Crippen LogP contribution in [0.5, 0.6) is 0 Å². The lowest BCUT2D eigenvalue weighted by atomic mass is 9.79. The molecule has 2 heterocycles. The molecule has 2 fully saturated rings. The lowest BCUT2D eigenvalue weighted by Gasteiger charge is -2.42. The Kier molecular flexibility index (Phi) is 2.85. The second-order valence-electron chi connectivity index (χ2n) is 4.84. The molecule has 0 bridgehead atoms. The Labute approximate surface area is 100 Å². The van der Waals surface area contributed by atoms with Crippen LogP contribution in [0.3, 0.4) is 0 Å². The summed E-state index contributed by atoms with van der Waals surface area (Å²) < 4.78 is 13.1. The van der Waals surface area contributed by atoms with E-state index in [-0.39, 0.29) is 5.79 Å². The molecule has 1 N–H and O–H groups in total. The molecular weight excluding hydrogens is 220 g/mol. The van der Waals surface area contributed by atoms with Crippen molar-refractivity contribution in [3.05, 3.63) is 11.9 Å². The summed E-state index contributed by atoms with van der Waals surface area (Å²) in [6, 6.07) is 0. The quantitative estimate of drug-likeness (QED) is 0.809. The van der Waals surface area contributed by atoms with Crippen molar-refractivity contribution in [3.8, 4) is 0 Å². The number of aromatic nitrogens is 3. The van der Waals surface area contributed by atoms with Crippen LogP contribution in [0, 0.1) is 5.92 Å². The van der Waals surface area contributed by atoms with Crippen molar-refractivity contribution in [1.82, 2.24) is 20.3 Å². The smallest absolute Gasteiger partial charge is 0.169 e. The van der Waals surface area contributed by atoms with Gasteiger partial charge in [-0.1, -0.05) is 5.21 Å². The molecule has 0 unspecified atom stereocenters. The third kappa shape index (κ3) is 2.20. The van der Waals surface area contributed by atoms with Gasteiger partial charge in [-0.2, -0.15) is 0 Å². The van der Waals surface area contributed by atoms with Gasteiger partial charge in [0.05, 0.1) is 18.9 Å². The van der Waals surface area contributed by atoms with Crippen molar-refractivity contribution in [1.29, 1.82) is 0 Å². The van der Waals surface area contributed by atoms with Crippen molar-refractivity contribution >= 4 is 0 Å². The Bertz CT molecular complexity index is 379. The Morgan fingerprint density at radius 3 is 2.94 bits per heavy atom. The zero-order valence-electron chi connectivity index (χ0n) is 10.1. The van der Waals surface area contributed by atoms with Gasteiger partial charge in [-0.25, -0.2) is 0 Å².